The highest BCUT2D eigenvalue weighted by atomic mass is 32.1. The Balaban J connectivity index is 1.87. The molecule has 0 saturated heterocycles. The summed E-state index contributed by atoms with van der Waals surface area (Å²) in [6.07, 6.45) is 5.53. The second kappa shape index (κ2) is 6.19. The molecular formula is C15H22N2S. The van der Waals surface area contributed by atoms with Gasteiger partial charge in [0.25, 0.3) is 0 Å². The summed E-state index contributed by atoms with van der Waals surface area (Å²) >= 11 is 4.95. The van der Waals surface area contributed by atoms with E-state index in [4.69, 9.17) is 18.0 Å². The lowest BCUT2D eigenvalue weighted by molar-refractivity contribution is 0.268. The van der Waals surface area contributed by atoms with E-state index in [0.717, 1.165) is 29.6 Å². The number of nitrogens with one attached hydrogen (secondary N) is 1. The maximum Gasteiger partial charge on any atom is 0.103 e. The Bertz CT molecular complexity index is 399. The van der Waals surface area contributed by atoms with Gasteiger partial charge >= 0.3 is 0 Å². The molecule has 1 saturated carbocycles. The fourth-order valence-electron chi connectivity index (χ4n) is 2.70. The largest absolute Gasteiger partial charge is 0.389 e. The van der Waals surface area contributed by atoms with E-state index in [1.165, 1.54) is 25.7 Å². The molecule has 3 N–H and O–H groups in total. The number of hydrogen-bond acceptors (Lipinski definition) is 2. The molecule has 1 fully saturated rings. The van der Waals surface area contributed by atoms with Crippen LogP contribution in [0.1, 0.15) is 38.2 Å². The van der Waals surface area contributed by atoms with Gasteiger partial charge in [-0.2, -0.15) is 0 Å². The van der Waals surface area contributed by atoms with Crippen LogP contribution in [0.25, 0.3) is 0 Å². The first-order valence-electron chi connectivity index (χ1n) is 6.80. The van der Waals surface area contributed by atoms with E-state index < -0.39 is 0 Å². The zero-order valence-electron chi connectivity index (χ0n) is 11.0. The minimum Gasteiger partial charge on any atom is -0.389 e. The first-order chi connectivity index (χ1) is 8.66. The number of rotatable bonds is 4. The molecule has 0 spiro atoms. The van der Waals surface area contributed by atoms with E-state index in [1.54, 1.807) is 0 Å². The van der Waals surface area contributed by atoms with Gasteiger partial charge < -0.3 is 11.1 Å². The average Bonchev–Trinajstić information content (AvgIpc) is 2.38. The lowest BCUT2D eigenvalue weighted by Crippen LogP contribution is -2.24. The van der Waals surface area contributed by atoms with Gasteiger partial charge in [-0.05, 0) is 42.5 Å². The van der Waals surface area contributed by atoms with Crippen molar-refractivity contribution in [2.24, 2.45) is 17.6 Å². The Hall–Kier alpha value is -1.09. The van der Waals surface area contributed by atoms with Gasteiger partial charge in [-0.25, -0.2) is 0 Å². The summed E-state index contributed by atoms with van der Waals surface area (Å²) in [4.78, 5) is 0.461. The first-order valence-corrected chi connectivity index (χ1v) is 7.21. The summed E-state index contributed by atoms with van der Waals surface area (Å²) < 4.78 is 0. The quantitative estimate of drug-likeness (QED) is 0.815. The van der Waals surface area contributed by atoms with Gasteiger partial charge in [0.05, 0.1) is 0 Å². The molecule has 2 atom stereocenters. The van der Waals surface area contributed by atoms with Crippen LogP contribution in [0.4, 0.5) is 5.69 Å². The van der Waals surface area contributed by atoms with Crippen molar-refractivity contribution in [3.63, 3.8) is 0 Å². The normalized spacial score (nSPS) is 23.6. The molecule has 2 unspecified atom stereocenters. The summed E-state index contributed by atoms with van der Waals surface area (Å²) in [7, 11) is 0. The van der Waals surface area contributed by atoms with Crippen LogP contribution in [-0.2, 0) is 0 Å². The summed E-state index contributed by atoms with van der Waals surface area (Å²) in [5, 5.41) is 3.53. The smallest absolute Gasteiger partial charge is 0.103 e. The fraction of sp³-hybridized carbons (Fsp3) is 0.533. The number of hydrogen-bond donors (Lipinski definition) is 2. The van der Waals surface area contributed by atoms with Gasteiger partial charge in [0.15, 0.2) is 0 Å². The highest BCUT2D eigenvalue weighted by Gasteiger charge is 2.20. The predicted octanol–water partition coefficient (Wildman–Crippen LogP) is 3.56. The summed E-state index contributed by atoms with van der Waals surface area (Å²) in [6.45, 7) is 3.45. The molecule has 18 heavy (non-hydrogen) atoms. The van der Waals surface area contributed by atoms with Crippen LogP contribution < -0.4 is 11.1 Å². The molecule has 1 aromatic rings. The molecule has 0 amide bonds. The zero-order valence-corrected chi connectivity index (χ0v) is 11.8. The molecule has 0 bridgehead atoms. The van der Waals surface area contributed by atoms with E-state index in [1.807, 2.05) is 12.1 Å². The minimum atomic E-state index is 0.461. The van der Waals surface area contributed by atoms with Crippen molar-refractivity contribution in [2.45, 2.75) is 32.6 Å². The van der Waals surface area contributed by atoms with Gasteiger partial charge in [0, 0.05) is 17.8 Å². The monoisotopic (exact) mass is 262 g/mol. The van der Waals surface area contributed by atoms with Crippen molar-refractivity contribution in [3.05, 3.63) is 29.8 Å². The summed E-state index contributed by atoms with van der Waals surface area (Å²) in [6, 6.07) is 8.08. The van der Waals surface area contributed by atoms with Crippen LogP contribution in [0, 0.1) is 11.8 Å². The fourth-order valence-corrected chi connectivity index (χ4v) is 2.83. The molecular weight excluding hydrogens is 240 g/mol. The van der Waals surface area contributed by atoms with E-state index in [0.29, 0.717) is 4.99 Å². The lowest BCUT2D eigenvalue weighted by atomic mass is 9.80. The highest BCUT2D eigenvalue weighted by molar-refractivity contribution is 7.80. The Labute approximate surface area is 115 Å². The average molecular weight is 262 g/mol. The third-order valence-electron chi connectivity index (χ3n) is 4.03. The molecule has 3 heteroatoms. The third-order valence-corrected chi connectivity index (χ3v) is 4.26. The number of nitrogens with two attached hydrogens (primary N) is 1. The van der Waals surface area contributed by atoms with Gasteiger partial charge in [0.2, 0.25) is 0 Å². The Morgan fingerprint density at radius 1 is 1.28 bits per heavy atom. The molecule has 2 rings (SSSR count). The van der Waals surface area contributed by atoms with Crippen LogP contribution >= 0.6 is 12.2 Å². The number of benzene rings is 1. The van der Waals surface area contributed by atoms with E-state index >= 15 is 0 Å². The van der Waals surface area contributed by atoms with Crippen LogP contribution in [0.3, 0.4) is 0 Å². The van der Waals surface area contributed by atoms with Crippen LogP contribution in [0.15, 0.2) is 24.3 Å². The Kier molecular flexibility index (Phi) is 4.59. The van der Waals surface area contributed by atoms with Gasteiger partial charge in [-0.3, -0.25) is 0 Å². The molecule has 0 radical (unpaired) electrons. The molecule has 1 aromatic carbocycles. The maximum absolute atomic E-state index is 5.58. The van der Waals surface area contributed by atoms with E-state index in [9.17, 15) is 0 Å². The van der Waals surface area contributed by atoms with Crippen LogP contribution in [-0.4, -0.2) is 11.5 Å². The van der Waals surface area contributed by atoms with Crippen LogP contribution in [0.2, 0.25) is 0 Å². The van der Waals surface area contributed by atoms with Gasteiger partial charge in [0.1, 0.15) is 4.99 Å². The van der Waals surface area contributed by atoms with Crippen molar-refractivity contribution in [2.75, 3.05) is 11.9 Å². The van der Waals surface area contributed by atoms with Crippen molar-refractivity contribution in [1.82, 2.24) is 0 Å². The van der Waals surface area contributed by atoms with Gasteiger partial charge in [-0.1, -0.05) is 38.4 Å². The molecule has 1 aliphatic rings. The standard InChI is InChI=1S/C15H22N2S/c1-11-4-2-3-5-13(11)10-17-14-8-6-12(7-9-14)15(16)18/h6-9,11,13,17H,2-5,10H2,1H3,(H2,16,18). The molecule has 98 valence electrons. The second-order valence-corrected chi connectivity index (χ2v) is 5.78. The van der Waals surface area contributed by atoms with Crippen molar-refractivity contribution in [3.8, 4) is 0 Å². The minimum absolute atomic E-state index is 0.461. The highest BCUT2D eigenvalue weighted by Crippen LogP contribution is 2.29. The molecule has 0 aliphatic heterocycles. The molecule has 2 nitrogen and oxygen atoms in total. The summed E-state index contributed by atoms with van der Waals surface area (Å²) in [5.41, 5.74) is 7.68. The summed E-state index contributed by atoms with van der Waals surface area (Å²) in [5.74, 6) is 1.66. The second-order valence-electron chi connectivity index (χ2n) is 5.34. The SMILES string of the molecule is CC1CCCCC1CNc1ccc(C(N)=S)cc1. The lowest BCUT2D eigenvalue weighted by Gasteiger charge is -2.29. The Morgan fingerprint density at radius 2 is 1.94 bits per heavy atom. The molecule has 0 heterocycles. The maximum atomic E-state index is 5.58. The predicted molar refractivity (Wildman–Crippen MR) is 81.9 cm³/mol. The molecule has 0 aromatic heterocycles. The third kappa shape index (κ3) is 3.45. The van der Waals surface area contributed by atoms with Crippen LogP contribution in [0.5, 0.6) is 0 Å². The Morgan fingerprint density at radius 3 is 2.56 bits per heavy atom. The van der Waals surface area contributed by atoms with Crippen molar-refractivity contribution >= 4 is 22.9 Å². The van der Waals surface area contributed by atoms with E-state index in [-0.39, 0.29) is 0 Å². The van der Waals surface area contributed by atoms with Crippen molar-refractivity contribution < 1.29 is 0 Å². The molecule has 1 aliphatic carbocycles. The topological polar surface area (TPSA) is 38.0 Å². The van der Waals surface area contributed by atoms with Crippen molar-refractivity contribution in [1.29, 1.82) is 0 Å². The van der Waals surface area contributed by atoms with Gasteiger partial charge in [-0.15, -0.1) is 0 Å². The zero-order chi connectivity index (χ0) is 13.0. The first kappa shape index (κ1) is 13.3. The van der Waals surface area contributed by atoms with E-state index in [2.05, 4.69) is 24.4 Å². The number of thiocarbonyl (C=S) groups is 1. The number of anilines is 1.